The fourth-order valence-corrected chi connectivity index (χ4v) is 2.66. The SMILES string of the molecule is NCCCCC(N)C(=O)NC(CC(=O)O)C(=O)NC(CC(=O)O)C(=O)NC(CS)C(=O)O. The Labute approximate surface area is 188 Å². The molecule has 0 fully saturated rings. The molecule has 0 saturated carbocycles. The van der Waals surface area contributed by atoms with Gasteiger partial charge in [-0.25, -0.2) is 4.79 Å². The van der Waals surface area contributed by atoms with Crippen LogP contribution in [-0.4, -0.2) is 87.4 Å². The molecule has 32 heavy (non-hydrogen) atoms. The number of carbonyl (C=O) groups is 6. The van der Waals surface area contributed by atoms with Gasteiger partial charge in [0.2, 0.25) is 17.7 Å². The molecule has 0 aromatic carbocycles. The van der Waals surface area contributed by atoms with E-state index in [1.54, 1.807) is 0 Å². The van der Waals surface area contributed by atoms with Gasteiger partial charge in [0.25, 0.3) is 0 Å². The topological polar surface area (TPSA) is 251 Å². The minimum absolute atomic E-state index is 0.231. The predicted octanol–water partition coefficient (Wildman–Crippen LogP) is -3.14. The molecule has 4 atom stereocenters. The van der Waals surface area contributed by atoms with Gasteiger partial charge in [-0.05, 0) is 19.4 Å². The Morgan fingerprint density at radius 3 is 1.56 bits per heavy atom. The highest BCUT2D eigenvalue weighted by atomic mass is 32.1. The summed E-state index contributed by atoms with van der Waals surface area (Å²) >= 11 is 3.76. The van der Waals surface area contributed by atoms with Gasteiger partial charge in [-0.2, -0.15) is 12.6 Å². The van der Waals surface area contributed by atoms with Crippen molar-refractivity contribution in [3.63, 3.8) is 0 Å². The number of nitrogens with two attached hydrogens (primary N) is 2. The van der Waals surface area contributed by atoms with Gasteiger partial charge < -0.3 is 42.7 Å². The lowest BCUT2D eigenvalue weighted by Crippen LogP contribution is -2.58. The van der Waals surface area contributed by atoms with Crippen LogP contribution in [0.15, 0.2) is 0 Å². The van der Waals surface area contributed by atoms with E-state index < -0.39 is 72.6 Å². The number of unbranched alkanes of at least 4 members (excludes halogenated alkanes) is 1. The Balaban J connectivity index is 5.37. The molecule has 0 radical (unpaired) electrons. The number of amides is 3. The fraction of sp³-hybridized carbons (Fsp3) is 0.647. The van der Waals surface area contributed by atoms with Gasteiger partial charge in [0.05, 0.1) is 18.9 Å². The first-order valence-corrected chi connectivity index (χ1v) is 10.2. The number of hydrogen-bond donors (Lipinski definition) is 9. The summed E-state index contributed by atoms with van der Waals surface area (Å²) in [5.41, 5.74) is 11.1. The lowest BCUT2D eigenvalue weighted by Gasteiger charge is -2.23. The summed E-state index contributed by atoms with van der Waals surface area (Å²) in [6.07, 6.45) is -0.437. The van der Waals surface area contributed by atoms with E-state index in [9.17, 15) is 28.8 Å². The first kappa shape index (κ1) is 29.1. The zero-order valence-electron chi connectivity index (χ0n) is 17.2. The molecule has 4 unspecified atom stereocenters. The van der Waals surface area contributed by atoms with Crippen molar-refractivity contribution in [2.75, 3.05) is 12.3 Å². The highest BCUT2D eigenvalue weighted by molar-refractivity contribution is 7.80. The van der Waals surface area contributed by atoms with Gasteiger partial charge in [0, 0.05) is 5.75 Å². The quantitative estimate of drug-likeness (QED) is 0.0789. The van der Waals surface area contributed by atoms with Crippen LogP contribution in [0.1, 0.15) is 32.1 Å². The average Bonchev–Trinajstić information content (AvgIpc) is 2.69. The molecule has 3 amide bonds. The average molecular weight is 480 g/mol. The maximum Gasteiger partial charge on any atom is 0.327 e. The van der Waals surface area contributed by atoms with Crippen LogP contribution in [0.4, 0.5) is 0 Å². The molecular formula is C17H29N5O9S. The maximum absolute atomic E-state index is 12.5. The predicted molar refractivity (Wildman–Crippen MR) is 113 cm³/mol. The van der Waals surface area contributed by atoms with Crippen molar-refractivity contribution < 1.29 is 44.1 Å². The van der Waals surface area contributed by atoms with Gasteiger partial charge in [-0.3, -0.25) is 24.0 Å². The molecule has 14 nitrogen and oxygen atoms in total. The first-order valence-electron chi connectivity index (χ1n) is 9.56. The molecular weight excluding hydrogens is 450 g/mol. The van der Waals surface area contributed by atoms with E-state index in [1.807, 2.05) is 10.6 Å². The number of aliphatic carboxylic acids is 3. The summed E-state index contributed by atoms with van der Waals surface area (Å²) in [5, 5.41) is 33.2. The Hall–Kier alpha value is -2.91. The number of carboxylic acid groups (broad SMARTS) is 3. The van der Waals surface area contributed by atoms with Crippen LogP contribution in [-0.2, 0) is 28.8 Å². The van der Waals surface area contributed by atoms with E-state index in [2.05, 4.69) is 17.9 Å². The van der Waals surface area contributed by atoms with Crippen molar-refractivity contribution in [3.8, 4) is 0 Å². The van der Waals surface area contributed by atoms with Crippen molar-refractivity contribution in [1.29, 1.82) is 0 Å². The Morgan fingerprint density at radius 1 is 0.750 bits per heavy atom. The number of nitrogens with one attached hydrogen (secondary N) is 3. The second kappa shape index (κ2) is 15.0. The molecule has 10 N–H and O–H groups in total. The van der Waals surface area contributed by atoms with Crippen LogP contribution >= 0.6 is 12.6 Å². The van der Waals surface area contributed by atoms with Gasteiger partial charge in [-0.1, -0.05) is 6.42 Å². The highest BCUT2D eigenvalue weighted by Gasteiger charge is 2.32. The van der Waals surface area contributed by atoms with Crippen LogP contribution in [0.2, 0.25) is 0 Å². The standard InChI is InChI=1S/C17H29N5O9S/c18-4-2-1-3-8(19)14(27)20-9(5-12(23)24)15(28)21-10(6-13(25)26)16(29)22-11(7-32)17(30)31/h8-11,32H,1-7,18-19H2,(H,20,27)(H,21,28)(H,22,29)(H,23,24)(H,25,26)(H,30,31). The van der Waals surface area contributed by atoms with Gasteiger partial charge in [0.15, 0.2) is 0 Å². The van der Waals surface area contributed by atoms with Gasteiger partial charge in [0.1, 0.15) is 18.1 Å². The minimum Gasteiger partial charge on any atom is -0.481 e. The summed E-state index contributed by atoms with van der Waals surface area (Å²) in [6.45, 7) is 0.390. The molecule has 0 aromatic heterocycles. The molecule has 0 spiro atoms. The number of rotatable bonds is 16. The van der Waals surface area contributed by atoms with Crippen LogP contribution in [0.25, 0.3) is 0 Å². The van der Waals surface area contributed by atoms with E-state index in [1.165, 1.54) is 0 Å². The minimum atomic E-state index is -1.74. The second-order valence-electron chi connectivity index (χ2n) is 6.79. The number of carboxylic acids is 3. The normalized spacial score (nSPS) is 14.3. The summed E-state index contributed by atoms with van der Waals surface area (Å²) in [6, 6.07) is -5.91. The zero-order valence-corrected chi connectivity index (χ0v) is 18.0. The Kier molecular flexibility index (Phi) is 13.6. The maximum atomic E-state index is 12.5. The van der Waals surface area contributed by atoms with Crippen molar-refractivity contribution >= 4 is 48.3 Å². The number of hydrogen-bond acceptors (Lipinski definition) is 9. The zero-order chi connectivity index (χ0) is 24.8. The largest absolute Gasteiger partial charge is 0.481 e. The van der Waals surface area contributed by atoms with E-state index in [4.69, 9.17) is 26.8 Å². The van der Waals surface area contributed by atoms with E-state index in [0.717, 1.165) is 0 Å². The van der Waals surface area contributed by atoms with Crippen LogP contribution in [0, 0.1) is 0 Å². The highest BCUT2D eigenvalue weighted by Crippen LogP contribution is 2.03. The molecule has 0 saturated heterocycles. The Morgan fingerprint density at radius 2 is 1.19 bits per heavy atom. The summed E-state index contributed by atoms with van der Waals surface area (Å²) in [5.74, 6) is -7.81. The van der Waals surface area contributed by atoms with Gasteiger partial charge in [-0.15, -0.1) is 0 Å². The number of thiol groups is 1. The molecule has 15 heteroatoms. The van der Waals surface area contributed by atoms with Crippen LogP contribution in [0.5, 0.6) is 0 Å². The third kappa shape index (κ3) is 11.5. The first-order chi connectivity index (χ1) is 14.9. The number of carbonyl (C=O) groups excluding carboxylic acids is 3. The lowest BCUT2D eigenvalue weighted by atomic mass is 10.1. The summed E-state index contributed by atoms with van der Waals surface area (Å²) in [4.78, 5) is 70.2. The molecule has 0 aliphatic heterocycles. The molecule has 182 valence electrons. The third-order valence-corrected chi connectivity index (χ3v) is 4.49. The molecule has 0 rings (SSSR count). The smallest absolute Gasteiger partial charge is 0.327 e. The molecule has 0 aromatic rings. The van der Waals surface area contributed by atoms with Crippen LogP contribution in [0.3, 0.4) is 0 Å². The summed E-state index contributed by atoms with van der Waals surface area (Å²) in [7, 11) is 0. The molecule has 0 heterocycles. The van der Waals surface area contributed by atoms with Crippen molar-refractivity contribution in [2.45, 2.75) is 56.3 Å². The fourth-order valence-electron chi connectivity index (χ4n) is 2.42. The molecule has 0 aliphatic carbocycles. The summed E-state index contributed by atoms with van der Waals surface area (Å²) < 4.78 is 0. The van der Waals surface area contributed by atoms with Crippen molar-refractivity contribution in [2.24, 2.45) is 11.5 Å². The van der Waals surface area contributed by atoms with E-state index in [0.29, 0.717) is 19.4 Å². The van der Waals surface area contributed by atoms with Gasteiger partial charge >= 0.3 is 17.9 Å². The molecule has 0 bridgehead atoms. The second-order valence-corrected chi connectivity index (χ2v) is 7.16. The van der Waals surface area contributed by atoms with Crippen molar-refractivity contribution in [1.82, 2.24) is 16.0 Å². The third-order valence-electron chi connectivity index (χ3n) is 4.13. The lowest BCUT2D eigenvalue weighted by molar-refractivity contribution is -0.144. The van der Waals surface area contributed by atoms with E-state index >= 15 is 0 Å². The molecule has 0 aliphatic rings. The van der Waals surface area contributed by atoms with E-state index in [-0.39, 0.29) is 12.2 Å². The monoisotopic (exact) mass is 479 g/mol. The van der Waals surface area contributed by atoms with Crippen LogP contribution < -0.4 is 27.4 Å². The Bertz CT molecular complexity index is 706. The van der Waals surface area contributed by atoms with Crippen molar-refractivity contribution in [3.05, 3.63) is 0 Å².